The third kappa shape index (κ3) is 2.84. The molecule has 0 aliphatic heterocycles. The van der Waals surface area contributed by atoms with Crippen LogP contribution in [-0.2, 0) is 13.5 Å². The van der Waals surface area contributed by atoms with Gasteiger partial charge in [-0.3, -0.25) is 9.48 Å². The van der Waals surface area contributed by atoms with Crippen molar-refractivity contribution in [1.82, 2.24) is 24.6 Å². The second-order valence-corrected chi connectivity index (χ2v) is 5.72. The number of carbonyl (C=O) groups excluding carboxylic acids is 1. The van der Waals surface area contributed by atoms with Crippen molar-refractivity contribution in [1.29, 1.82) is 0 Å². The average Bonchev–Trinajstić information content (AvgIpc) is 3.12. The number of nitrogens with zero attached hydrogens (tertiary/aromatic N) is 4. The molecule has 0 atom stereocenters. The van der Waals surface area contributed by atoms with E-state index >= 15 is 0 Å². The molecule has 0 bridgehead atoms. The highest BCUT2D eigenvalue weighted by Crippen LogP contribution is 2.36. The van der Waals surface area contributed by atoms with Crippen molar-refractivity contribution >= 4 is 5.91 Å². The van der Waals surface area contributed by atoms with E-state index in [0.717, 1.165) is 17.9 Å². The lowest BCUT2D eigenvalue weighted by Crippen LogP contribution is -2.28. The monoisotopic (exact) mass is 287 g/mol. The smallest absolute Gasteiger partial charge is 0.269 e. The molecule has 2 aromatic rings. The van der Waals surface area contributed by atoms with E-state index in [2.05, 4.69) is 26.9 Å². The van der Waals surface area contributed by atoms with Crippen LogP contribution in [0.25, 0.3) is 0 Å². The number of imidazole rings is 1. The summed E-state index contributed by atoms with van der Waals surface area (Å²) in [4.78, 5) is 16.6. The highest BCUT2D eigenvalue weighted by molar-refractivity contribution is 5.92. The quantitative estimate of drug-likeness (QED) is 0.907. The molecule has 1 amide bonds. The van der Waals surface area contributed by atoms with Crippen molar-refractivity contribution in [3.63, 3.8) is 0 Å². The molecule has 1 aliphatic rings. The summed E-state index contributed by atoms with van der Waals surface area (Å²) >= 11 is 0. The molecule has 1 saturated carbocycles. The van der Waals surface area contributed by atoms with Crippen LogP contribution in [0, 0.1) is 13.8 Å². The van der Waals surface area contributed by atoms with E-state index in [-0.39, 0.29) is 5.91 Å². The van der Waals surface area contributed by atoms with Crippen molar-refractivity contribution in [2.75, 3.05) is 6.54 Å². The molecular weight excluding hydrogens is 266 g/mol. The van der Waals surface area contributed by atoms with Crippen LogP contribution in [0.5, 0.6) is 0 Å². The molecule has 21 heavy (non-hydrogen) atoms. The predicted molar refractivity (Wildman–Crippen MR) is 79.2 cm³/mol. The summed E-state index contributed by atoms with van der Waals surface area (Å²) in [6.07, 6.45) is 5.16. The minimum absolute atomic E-state index is 0.0839. The molecule has 1 aliphatic carbocycles. The Kier molecular flexibility index (Phi) is 3.53. The number of carbonyl (C=O) groups is 1. The van der Waals surface area contributed by atoms with E-state index < -0.39 is 0 Å². The maximum Gasteiger partial charge on any atom is 0.269 e. The maximum absolute atomic E-state index is 12.1. The summed E-state index contributed by atoms with van der Waals surface area (Å²) < 4.78 is 3.92. The van der Waals surface area contributed by atoms with E-state index in [1.54, 1.807) is 17.8 Å². The Morgan fingerprint density at radius 1 is 1.43 bits per heavy atom. The normalized spacial score (nSPS) is 14.4. The molecule has 6 nitrogen and oxygen atoms in total. The highest BCUT2D eigenvalue weighted by atomic mass is 16.2. The Hall–Kier alpha value is -2.11. The molecule has 0 aromatic carbocycles. The fourth-order valence-corrected chi connectivity index (χ4v) is 2.71. The lowest BCUT2D eigenvalue weighted by molar-refractivity contribution is 0.0944. The Morgan fingerprint density at radius 3 is 2.81 bits per heavy atom. The second kappa shape index (κ2) is 5.35. The first-order valence-electron chi connectivity index (χ1n) is 7.38. The zero-order valence-electron chi connectivity index (χ0n) is 12.8. The van der Waals surface area contributed by atoms with Crippen LogP contribution in [0.2, 0.25) is 0 Å². The van der Waals surface area contributed by atoms with Crippen LogP contribution in [0.1, 0.15) is 46.6 Å². The fourth-order valence-electron chi connectivity index (χ4n) is 2.71. The van der Waals surface area contributed by atoms with Crippen molar-refractivity contribution in [2.24, 2.45) is 7.05 Å². The van der Waals surface area contributed by atoms with Crippen LogP contribution in [0.15, 0.2) is 12.3 Å². The van der Waals surface area contributed by atoms with Gasteiger partial charge in [-0.2, -0.15) is 5.10 Å². The zero-order chi connectivity index (χ0) is 15.0. The van der Waals surface area contributed by atoms with Gasteiger partial charge in [-0.25, -0.2) is 4.98 Å². The molecule has 2 aromatic heterocycles. The van der Waals surface area contributed by atoms with E-state index in [1.165, 1.54) is 18.5 Å². The minimum Gasteiger partial charge on any atom is -0.350 e. The summed E-state index contributed by atoms with van der Waals surface area (Å²) in [5.41, 5.74) is 2.65. The lowest BCUT2D eigenvalue weighted by Gasteiger charge is -2.09. The van der Waals surface area contributed by atoms with Crippen LogP contribution >= 0.6 is 0 Å². The first-order valence-corrected chi connectivity index (χ1v) is 7.38. The van der Waals surface area contributed by atoms with E-state index in [9.17, 15) is 4.79 Å². The van der Waals surface area contributed by atoms with E-state index in [0.29, 0.717) is 18.3 Å². The number of rotatable bonds is 5. The van der Waals surface area contributed by atoms with Gasteiger partial charge in [0.05, 0.1) is 5.69 Å². The first kappa shape index (κ1) is 13.9. The maximum atomic E-state index is 12.1. The SMILES string of the molecule is Cc1cc(C(=O)NCCc2ncc(C)n2C2CC2)n(C)n1. The van der Waals surface area contributed by atoms with Gasteiger partial charge in [-0.15, -0.1) is 0 Å². The largest absolute Gasteiger partial charge is 0.350 e. The summed E-state index contributed by atoms with van der Waals surface area (Å²) in [6.45, 7) is 4.56. The van der Waals surface area contributed by atoms with Gasteiger partial charge < -0.3 is 9.88 Å². The molecule has 0 spiro atoms. The second-order valence-electron chi connectivity index (χ2n) is 5.72. The Labute approximate surface area is 124 Å². The summed E-state index contributed by atoms with van der Waals surface area (Å²) in [5, 5.41) is 7.13. The molecular formula is C15H21N5O. The molecule has 0 unspecified atom stereocenters. The van der Waals surface area contributed by atoms with Gasteiger partial charge in [0.25, 0.3) is 5.91 Å². The van der Waals surface area contributed by atoms with Gasteiger partial charge in [0.15, 0.2) is 0 Å². The molecule has 2 heterocycles. The molecule has 6 heteroatoms. The zero-order valence-corrected chi connectivity index (χ0v) is 12.8. The van der Waals surface area contributed by atoms with Crippen molar-refractivity contribution in [2.45, 2.75) is 39.2 Å². The van der Waals surface area contributed by atoms with Crippen molar-refractivity contribution < 1.29 is 4.79 Å². The number of aromatic nitrogens is 4. The third-order valence-electron chi connectivity index (χ3n) is 3.84. The van der Waals surface area contributed by atoms with Gasteiger partial charge in [0.2, 0.25) is 0 Å². The van der Waals surface area contributed by atoms with Crippen LogP contribution < -0.4 is 5.32 Å². The molecule has 0 radical (unpaired) electrons. The van der Waals surface area contributed by atoms with E-state index in [1.807, 2.05) is 13.1 Å². The number of nitrogens with one attached hydrogen (secondary N) is 1. The van der Waals surface area contributed by atoms with Crippen LogP contribution in [-0.4, -0.2) is 31.8 Å². The minimum atomic E-state index is -0.0839. The standard InChI is InChI=1S/C15H21N5O/c1-10-8-13(19(3)18-10)15(21)16-7-6-14-17-9-11(2)20(14)12-4-5-12/h8-9,12H,4-7H2,1-3H3,(H,16,21). The van der Waals surface area contributed by atoms with Crippen LogP contribution in [0.3, 0.4) is 0 Å². The van der Waals surface area contributed by atoms with E-state index in [4.69, 9.17) is 0 Å². The van der Waals surface area contributed by atoms with Crippen molar-refractivity contribution in [3.8, 4) is 0 Å². The van der Waals surface area contributed by atoms with Gasteiger partial charge in [-0.1, -0.05) is 0 Å². The number of aryl methyl sites for hydroxylation is 3. The molecule has 0 saturated heterocycles. The highest BCUT2D eigenvalue weighted by Gasteiger charge is 2.27. The molecule has 112 valence electrons. The third-order valence-corrected chi connectivity index (χ3v) is 3.84. The van der Waals surface area contributed by atoms with Gasteiger partial charge in [0, 0.05) is 37.9 Å². The lowest BCUT2D eigenvalue weighted by atomic mass is 10.3. The average molecular weight is 287 g/mol. The Bertz CT molecular complexity index is 666. The summed E-state index contributed by atoms with van der Waals surface area (Å²) in [7, 11) is 1.78. The fraction of sp³-hybridized carbons (Fsp3) is 0.533. The first-order chi connectivity index (χ1) is 10.1. The Morgan fingerprint density at radius 2 is 2.19 bits per heavy atom. The molecule has 1 fully saturated rings. The molecule has 3 rings (SSSR count). The number of hydrogen-bond donors (Lipinski definition) is 1. The van der Waals surface area contributed by atoms with Gasteiger partial charge in [0.1, 0.15) is 11.5 Å². The Balaban J connectivity index is 1.59. The predicted octanol–water partition coefficient (Wildman–Crippen LogP) is 1.54. The van der Waals surface area contributed by atoms with Crippen molar-refractivity contribution in [3.05, 3.63) is 35.2 Å². The van der Waals surface area contributed by atoms with Gasteiger partial charge in [-0.05, 0) is 32.8 Å². The molecule has 1 N–H and O–H groups in total. The summed E-state index contributed by atoms with van der Waals surface area (Å²) in [6, 6.07) is 2.42. The van der Waals surface area contributed by atoms with Crippen LogP contribution in [0.4, 0.5) is 0 Å². The number of amides is 1. The topological polar surface area (TPSA) is 64.7 Å². The summed E-state index contributed by atoms with van der Waals surface area (Å²) in [5.74, 6) is 0.982. The van der Waals surface area contributed by atoms with Gasteiger partial charge >= 0.3 is 0 Å². The number of hydrogen-bond acceptors (Lipinski definition) is 3.